The number of benzene rings is 1. The van der Waals surface area contributed by atoms with Crippen LogP contribution in [0.25, 0.3) is 10.4 Å². The van der Waals surface area contributed by atoms with Gasteiger partial charge in [-0.1, -0.05) is 0 Å². The zero-order chi connectivity index (χ0) is 15.5. The second kappa shape index (κ2) is 6.07. The van der Waals surface area contributed by atoms with E-state index >= 15 is 0 Å². The van der Waals surface area contributed by atoms with Crippen LogP contribution < -0.4 is 5.32 Å². The summed E-state index contributed by atoms with van der Waals surface area (Å²) < 4.78 is 12.9. The molecular weight excluding hydrogens is 299 g/mol. The molecule has 0 aliphatic carbocycles. The molecule has 0 aliphatic heterocycles. The zero-order valence-corrected chi connectivity index (χ0v) is 12.7. The standard InChI is InChI=1S/C17H13FN2OS/c1-11-2-7-16(22-11)15-10-19-9-8-14(15)17(21)20-13-5-3-12(18)4-6-13/h2-10H,1H3,(H,20,21). The maximum atomic E-state index is 12.9. The number of aromatic nitrogens is 1. The quantitative estimate of drug-likeness (QED) is 0.773. The van der Waals surface area contributed by atoms with E-state index in [1.807, 2.05) is 19.1 Å². The van der Waals surface area contributed by atoms with Gasteiger partial charge in [-0.05, 0) is 49.4 Å². The number of carbonyl (C=O) groups is 1. The van der Waals surface area contributed by atoms with E-state index in [-0.39, 0.29) is 11.7 Å². The fourth-order valence-corrected chi connectivity index (χ4v) is 2.99. The third kappa shape index (κ3) is 3.04. The summed E-state index contributed by atoms with van der Waals surface area (Å²) in [5, 5.41) is 2.77. The maximum absolute atomic E-state index is 12.9. The Hall–Kier alpha value is -2.53. The van der Waals surface area contributed by atoms with Gasteiger partial charge in [-0.2, -0.15) is 0 Å². The van der Waals surface area contributed by atoms with Crippen molar-refractivity contribution in [1.82, 2.24) is 4.98 Å². The molecule has 3 rings (SSSR count). The average Bonchev–Trinajstić information content (AvgIpc) is 2.96. The molecule has 0 aliphatic rings. The highest BCUT2D eigenvalue weighted by molar-refractivity contribution is 7.15. The third-order valence-corrected chi connectivity index (χ3v) is 4.21. The van der Waals surface area contributed by atoms with Crippen molar-refractivity contribution >= 4 is 22.9 Å². The molecule has 0 bridgehead atoms. The number of hydrogen-bond donors (Lipinski definition) is 1. The second-order valence-corrected chi connectivity index (χ2v) is 6.08. The van der Waals surface area contributed by atoms with Gasteiger partial charge in [-0.15, -0.1) is 11.3 Å². The summed E-state index contributed by atoms with van der Waals surface area (Å²) >= 11 is 1.61. The molecule has 22 heavy (non-hydrogen) atoms. The van der Waals surface area contributed by atoms with E-state index in [2.05, 4.69) is 10.3 Å². The summed E-state index contributed by atoms with van der Waals surface area (Å²) in [7, 11) is 0. The van der Waals surface area contributed by atoms with Crippen LogP contribution in [0.15, 0.2) is 54.9 Å². The molecule has 0 radical (unpaired) electrons. The Labute approximate surface area is 131 Å². The molecule has 3 nitrogen and oxygen atoms in total. The van der Waals surface area contributed by atoms with E-state index in [1.54, 1.807) is 29.8 Å². The van der Waals surface area contributed by atoms with E-state index in [9.17, 15) is 9.18 Å². The first-order valence-electron chi connectivity index (χ1n) is 6.71. The Morgan fingerprint density at radius 2 is 1.91 bits per heavy atom. The molecule has 5 heteroatoms. The van der Waals surface area contributed by atoms with Gasteiger partial charge in [-0.25, -0.2) is 4.39 Å². The summed E-state index contributed by atoms with van der Waals surface area (Å²) in [5.74, 6) is -0.577. The number of carbonyl (C=O) groups excluding carboxylic acids is 1. The minimum Gasteiger partial charge on any atom is -0.322 e. The Bertz CT molecular complexity index is 812. The normalized spacial score (nSPS) is 10.5. The number of hydrogen-bond acceptors (Lipinski definition) is 3. The molecule has 0 unspecified atom stereocenters. The van der Waals surface area contributed by atoms with E-state index in [0.717, 1.165) is 10.4 Å². The van der Waals surface area contributed by atoms with Gasteiger partial charge >= 0.3 is 0 Å². The summed E-state index contributed by atoms with van der Waals surface area (Å²) in [6.07, 6.45) is 3.27. The number of nitrogens with zero attached hydrogens (tertiary/aromatic N) is 1. The number of amides is 1. The van der Waals surface area contributed by atoms with Crippen LogP contribution in [0.4, 0.5) is 10.1 Å². The van der Waals surface area contributed by atoms with Gasteiger partial charge in [0.15, 0.2) is 0 Å². The average molecular weight is 312 g/mol. The van der Waals surface area contributed by atoms with E-state index in [4.69, 9.17) is 0 Å². The van der Waals surface area contributed by atoms with E-state index in [1.165, 1.54) is 29.1 Å². The molecule has 0 fully saturated rings. The molecule has 1 N–H and O–H groups in total. The third-order valence-electron chi connectivity index (χ3n) is 3.17. The van der Waals surface area contributed by atoms with Crippen LogP contribution >= 0.6 is 11.3 Å². The van der Waals surface area contributed by atoms with E-state index < -0.39 is 0 Å². The second-order valence-electron chi connectivity index (χ2n) is 4.79. The molecule has 110 valence electrons. The van der Waals surface area contributed by atoms with Crippen molar-refractivity contribution in [2.75, 3.05) is 5.32 Å². The van der Waals surface area contributed by atoms with Gasteiger partial charge in [0.2, 0.25) is 0 Å². The van der Waals surface area contributed by atoms with E-state index in [0.29, 0.717) is 11.3 Å². The number of halogens is 1. The molecular formula is C17H13FN2OS. The predicted molar refractivity (Wildman–Crippen MR) is 86.6 cm³/mol. The molecule has 2 heterocycles. The van der Waals surface area contributed by atoms with Crippen LogP contribution in [0, 0.1) is 12.7 Å². The first-order chi connectivity index (χ1) is 10.6. The molecule has 0 saturated heterocycles. The van der Waals surface area contributed by atoms with Crippen LogP contribution in [0.5, 0.6) is 0 Å². The molecule has 3 aromatic rings. The Balaban J connectivity index is 1.91. The lowest BCUT2D eigenvalue weighted by Crippen LogP contribution is -2.13. The first-order valence-corrected chi connectivity index (χ1v) is 7.53. The highest BCUT2D eigenvalue weighted by Crippen LogP contribution is 2.30. The minimum atomic E-state index is -0.336. The van der Waals surface area contributed by atoms with Crippen molar-refractivity contribution in [1.29, 1.82) is 0 Å². The molecule has 1 amide bonds. The van der Waals surface area contributed by atoms with Gasteiger partial charge in [0.1, 0.15) is 5.82 Å². The SMILES string of the molecule is Cc1ccc(-c2cnccc2C(=O)Nc2ccc(F)cc2)s1. The molecule has 0 atom stereocenters. The number of anilines is 1. The van der Waals surface area contributed by atoms with Crippen LogP contribution in [0.1, 0.15) is 15.2 Å². The van der Waals surface area contributed by atoms with Gasteiger partial charge < -0.3 is 5.32 Å². The number of pyridine rings is 1. The van der Waals surface area contributed by atoms with Crippen molar-refractivity contribution in [2.24, 2.45) is 0 Å². The highest BCUT2D eigenvalue weighted by Gasteiger charge is 2.14. The van der Waals surface area contributed by atoms with Gasteiger partial charge in [0.25, 0.3) is 5.91 Å². The molecule has 0 spiro atoms. The van der Waals surface area contributed by atoms with Gasteiger partial charge in [-0.3, -0.25) is 9.78 Å². The molecule has 0 saturated carbocycles. The molecule has 1 aromatic carbocycles. The zero-order valence-electron chi connectivity index (χ0n) is 11.8. The summed E-state index contributed by atoms with van der Waals surface area (Å²) in [6, 6.07) is 11.4. The summed E-state index contributed by atoms with van der Waals surface area (Å²) in [4.78, 5) is 18.7. The Morgan fingerprint density at radius 1 is 1.14 bits per heavy atom. The van der Waals surface area contributed by atoms with Gasteiger partial charge in [0.05, 0.1) is 5.56 Å². The number of thiophene rings is 1. The van der Waals surface area contributed by atoms with Crippen molar-refractivity contribution in [3.8, 4) is 10.4 Å². The fraction of sp³-hybridized carbons (Fsp3) is 0.0588. The number of aryl methyl sites for hydroxylation is 1. The minimum absolute atomic E-state index is 0.241. The van der Waals surface area contributed by atoms with Crippen molar-refractivity contribution < 1.29 is 9.18 Å². The largest absolute Gasteiger partial charge is 0.322 e. The predicted octanol–water partition coefficient (Wildman–Crippen LogP) is 4.51. The van der Waals surface area contributed by atoms with Crippen molar-refractivity contribution in [3.05, 3.63) is 71.1 Å². The summed E-state index contributed by atoms with van der Waals surface area (Å²) in [6.45, 7) is 2.02. The Morgan fingerprint density at radius 3 is 2.59 bits per heavy atom. The van der Waals surface area contributed by atoms with Crippen LogP contribution in [-0.4, -0.2) is 10.9 Å². The fourth-order valence-electron chi connectivity index (χ4n) is 2.10. The lowest BCUT2D eigenvalue weighted by atomic mass is 10.1. The lowest BCUT2D eigenvalue weighted by molar-refractivity contribution is 0.102. The lowest BCUT2D eigenvalue weighted by Gasteiger charge is -2.08. The monoisotopic (exact) mass is 312 g/mol. The summed E-state index contributed by atoms with van der Waals surface area (Å²) in [5.41, 5.74) is 1.89. The van der Waals surface area contributed by atoms with Crippen molar-refractivity contribution in [2.45, 2.75) is 6.92 Å². The van der Waals surface area contributed by atoms with Crippen LogP contribution in [0.3, 0.4) is 0 Å². The first kappa shape index (κ1) is 14.4. The molecule has 2 aromatic heterocycles. The Kier molecular flexibility index (Phi) is 3.98. The maximum Gasteiger partial charge on any atom is 0.256 e. The number of rotatable bonds is 3. The van der Waals surface area contributed by atoms with Gasteiger partial charge in [0, 0.05) is 33.4 Å². The van der Waals surface area contributed by atoms with Crippen LogP contribution in [-0.2, 0) is 0 Å². The van der Waals surface area contributed by atoms with Crippen molar-refractivity contribution in [3.63, 3.8) is 0 Å². The highest BCUT2D eigenvalue weighted by atomic mass is 32.1. The smallest absolute Gasteiger partial charge is 0.256 e. The van der Waals surface area contributed by atoms with Crippen LogP contribution in [0.2, 0.25) is 0 Å². The topological polar surface area (TPSA) is 42.0 Å². The number of nitrogens with one attached hydrogen (secondary N) is 1.